The van der Waals surface area contributed by atoms with E-state index in [1.807, 2.05) is 0 Å². The van der Waals surface area contributed by atoms with Crippen LogP contribution in [0.2, 0.25) is 0 Å². The molecule has 0 aliphatic carbocycles. The summed E-state index contributed by atoms with van der Waals surface area (Å²) in [6, 6.07) is 4.98. The summed E-state index contributed by atoms with van der Waals surface area (Å²) in [7, 11) is -3.66. The molecule has 1 aliphatic rings. The van der Waals surface area contributed by atoms with Crippen LogP contribution in [0.3, 0.4) is 0 Å². The van der Waals surface area contributed by atoms with Gasteiger partial charge in [0, 0.05) is 13.1 Å². The third kappa shape index (κ3) is 2.32. The summed E-state index contributed by atoms with van der Waals surface area (Å²) in [6.45, 7) is 0.679. The van der Waals surface area contributed by atoms with Crippen LogP contribution < -0.4 is 0 Å². The SMILES string of the molecule is O=S(=O)(c1cccc(F)c1)N1CC[C@H](n2nccn2)C1. The van der Waals surface area contributed by atoms with Crippen LogP contribution in [-0.4, -0.2) is 40.8 Å². The standard InChI is InChI=1S/C12H13FN4O2S/c13-10-2-1-3-12(8-10)20(18,19)16-7-4-11(9-16)17-14-5-6-15-17/h1-3,5-6,8,11H,4,7,9H2/t11-/m0/s1. The fraction of sp³-hybridized carbons (Fsp3) is 0.333. The highest BCUT2D eigenvalue weighted by Crippen LogP contribution is 2.26. The number of hydrogen-bond donors (Lipinski definition) is 0. The van der Waals surface area contributed by atoms with Crippen LogP contribution in [0.25, 0.3) is 0 Å². The lowest BCUT2D eigenvalue weighted by atomic mass is 10.3. The Balaban J connectivity index is 1.83. The van der Waals surface area contributed by atoms with Crippen LogP contribution in [0.15, 0.2) is 41.6 Å². The van der Waals surface area contributed by atoms with Crippen molar-refractivity contribution in [3.8, 4) is 0 Å². The maximum absolute atomic E-state index is 13.2. The van der Waals surface area contributed by atoms with Gasteiger partial charge in [0.15, 0.2) is 0 Å². The Morgan fingerprint density at radius 3 is 2.70 bits per heavy atom. The molecule has 1 atom stereocenters. The van der Waals surface area contributed by atoms with Gasteiger partial charge in [-0.05, 0) is 24.6 Å². The van der Waals surface area contributed by atoms with Crippen LogP contribution in [0.5, 0.6) is 0 Å². The van der Waals surface area contributed by atoms with Gasteiger partial charge in [-0.25, -0.2) is 12.8 Å². The highest BCUT2D eigenvalue weighted by Gasteiger charge is 2.34. The predicted octanol–water partition coefficient (Wildman–Crippen LogP) is 1.05. The first-order valence-corrected chi connectivity index (χ1v) is 7.63. The van der Waals surface area contributed by atoms with Crippen LogP contribution >= 0.6 is 0 Å². The van der Waals surface area contributed by atoms with Crippen molar-refractivity contribution in [2.75, 3.05) is 13.1 Å². The first-order valence-electron chi connectivity index (χ1n) is 6.19. The van der Waals surface area contributed by atoms with E-state index in [9.17, 15) is 12.8 Å². The lowest BCUT2D eigenvalue weighted by molar-refractivity contribution is 0.402. The monoisotopic (exact) mass is 296 g/mol. The van der Waals surface area contributed by atoms with E-state index in [0.29, 0.717) is 19.5 Å². The van der Waals surface area contributed by atoms with Crippen molar-refractivity contribution in [2.24, 2.45) is 0 Å². The quantitative estimate of drug-likeness (QED) is 0.849. The van der Waals surface area contributed by atoms with Crippen molar-refractivity contribution in [1.29, 1.82) is 0 Å². The Hall–Kier alpha value is -1.80. The molecule has 8 heteroatoms. The van der Waals surface area contributed by atoms with E-state index in [1.165, 1.54) is 27.3 Å². The summed E-state index contributed by atoms with van der Waals surface area (Å²) in [4.78, 5) is 1.49. The number of benzene rings is 1. The predicted molar refractivity (Wildman–Crippen MR) is 68.8 cm³/mol. The lowest BCUT2D eigenvalue weighted by Crippen LogP contribution is -2.29. The number of nitrogens with zero attached hydrogens (tertiary/aromatic N) is 4. The second-order valence-corrected chi connectivity index (χ2v) is 6.55. The summed E-state index contributed by atoms with van der Waals surface area (Å²) in [6.07, 6.45) is 3.76. The average molecular weight is 296 g/mol. The van der Waals surface area contributed by atoms with Gasteiger partial charge >= 0.3 is 0 Å². The molecule has 0 unspecified atom stereocenters. The summed E-state index contributed by atoms with van der Waals surface area (Å²) >= 11 is 0. The average Bonchev–Trinajstić information content (AvgIpc) is 3.10. The Kier molecular flexibility index (Phi) is 3.27. The molecular formula is C12H13FN4O2S. The molecule has 0 N–H and O–H groups in total. The van der Waals surface area contributed by atoms with Gasteiger partial charge in [-0.3, -0.25) is 0 Å². The van der Waals surface area contributed by atoms with Gasteiger partial charge in [-0.15, -0.1) is 0 Å². The Morgan fingerprint density at radius 2 is 2.00 bits per heavy atom. The Bertz CT molecular complexity index is 702. The fourth-order valence-corrected chi connectivity index (χ4v) is 3.83. The minimum absolute atomic E-state index is 0.0217. The van der Waals surface area contributed by atoms with Gasteiger partial charge in [-0.2, -0.15) is 19.3 Å². The number of rotatable bonds is 3. The van der Waals surface area contributed by atoms with Gasteiger partial charge < -0.3 is 0 Å². The number of hydrogen-bond acceptors (Lipinski definition) is 4. The van der Waals surface area contributed by atoms with Crippen LogP contribution in [-0.2, 0) is 10.0 Å². The fourth-order valence-electron chi connectivity index (χ4n) is 2.31. The largest absolute Gasteiger partial charge is 0.243 e. The summed E-state index contributed by atoms with van der Waals surface area (Å²) in [5.74, 6) is -0.560. The molecule has 1 aliphatic heterocycles. The third-order valence-corrected chi connectivity index (χ3v) is 5.18. The molecule has 2 aromatic rings. The molecule has 20 heavy (non-hydrogen) atoms. The van der Waals surface area contributed by atoms with Crippen LogP contribution in [0.4, 0.5) is 4.39 Å². The van der Waals surface area contributed by atoms with Crippen molar-refractivity contribution < 1.29 is 12.8 Å². The Morgan fingerprint density at radius 1 is 1.25 bits per heavy atom. The van der Waals surface area contributed by atoms with E-state index in [4.69, 9.17) is 0 Å². The van der Waals surface area contributed by atoms with E-state index in [2.05, 4.69) is 10.2 Å². The van der Waals surface area contributed by atoms with Crippen LogP contribution in [0.1, 0.15) is 12.5 Å². The van der Waals surface area contributed by atoms with Crippen molar-refractivity contribution >= 4 is 10.0 Å². The lowest BCUT2D eigenvalue weighted by Gasteiger charge is -2.16. The molecule has 1 fully saturated rings. The third-order valence-electron chi connectivity index (χ3n) is 3.32. The summed E-state index contributed by atoms with van der Waals surface area (Å²) < 4.78 is 39.3. The van der Waals surface area contributed by atoms with Gasteiger partial charge in [0.05, 0.1) is 23.3 Å². The molecule has 106 valence electrons. The minimum atomic E-state index is -3.66. The maximum Gasteiger partial charge on any atom is 0.243 e. The smallest absolute Gasteiger partial charge is 0.207 e. The van der Waals surface area contributed by atoms with E-state index >= 15 is 0 Å². The van der Waals surface area contributed by atoms with Crippen molar-refractivity contribution in [2.45, 2.75) is 17.4 Å². The summed E-state index contributed by atoms with van der Waals surface area (Å²) in [5.41, 5.74) is 0. The zero-order chi connectivity index (χ0) is 14.2. The zero-order valence-corrected chi connectivity index (χ0v) is 11.4. The maximum atomic E-state index is 13.2. The normalized spacial score (nSPS) is 20.4. The molecule has 0 amide bonds. The molecule has 1 saturated heterocycles. The molecule has 0 bridgehead atoms. The first kappa shape index (κ1) is 13.2. The van der Waals surface area contributed by atoms with E-state index in [1.54, 1.807) is 12.4 Å². The van der Waals surface area contributed by atoms with E-state index in [0.717, 1.165) is 6.07 Å². The topological polar surface area (TPSA) is 68.1 Å². The van der Waals surface area contributed by atoms with Gasteiger partial charge in [0.1, 0.15) is 5.82 Å². The highest BCUT2D eigenvalue weighted by molar-refractivity contribution is 7.89. The molecule has 0 radical (unpaired) electrons. The molecule has 3 rings (SSSR count). The Labute approximate surface area is 115 Å². The van der Waals surface area contributed by atoms with Crippen LogP contribution in [0, 0.1) is 5.82 Å². The number of halogens is 1. The van der Waals surface area contributed by atoms with Gasteiger partial charge in [0.25, 0.3) is 0 Å². The second-order valence-electron chi connectivity index (χ2n) is 4.61. The molecule has 1 aromatic heterocycles. The van der Waals surface area contributed by atoms with Crippen molar-refractivity contribution in [3.63, 3.8) is 0 Å². The van der Waals surface area contributed by atoms with E-state index < -0.39 is 15.8 Å². The van der Waals surface area contributed by atoms with E-state index in [-0.39, 0.29) is 10.9 Å². The molecule has 0 saturated carbocycles. The van der Waals surface area contributed by atoms with Crippen molar-refractivity contribution in [3.05, 3.63) is 42.5 Å². The summed E-state index contributed by atoms with van der Waals surface area (Å²) in [5, 5.41) is 8.05. The molecule has 0 spiro atoms. The second kappa shape index (κ2) is 4.95. The number of aromatic nitrogens is 3. The highest BCUT2D eigenvalue weighted by atomic mass is 32.2. The van der Waals surface area contributed by atoms with Gasteiger partial charge in [-0.1, -0.05) is 6.07 Å². The molecular weight excluding hydrogens is 283 g/mol. The zero-order valence-electron chi connectivity index (χ0n) is 10.6. The first-order chi connectivity index (χ1) is 9.57. The molecule has 1 aromatic carbocycles. The van der Waals surface area contributed by atoms with Gasteiger partial charge in [0.2, 0.25) is 10.0 Å². The molecule has 6 nitrogen and oxygen atoms in total. The molecule has 2 heterocycles. The minimum Gasteiger partial charge on any atom is -0.207 e. The van der Waals surface area contributed by atoms with Crippen molar-refractivity contribution in [1.82, 2.24) is 19.3 Å². The number of sulfonamides is 1.